The zero-order chi connectivity index (χ0) is 20.1. The van der Waals surface area contributed by atoms with E-state index in [1.165, 1.54) is 0 Å². The zero-order valence-electron chi connectivity index (χ0n) is 16.2. The number of carbonyl (C=O) groups excluding carboxylic acids is 1. The molecular formula is C21H22N6O2. The van der Waals surface area contributed by atoms with Crippen LogP contribution in [-0.2, 0) is 17.7 Å². The highest BCUT2D eigenvalue weighted by molar-refractivity contribution is 5.99. The van der Waals surface area contributed by atoms with Crippen molar-refractivity contribution in [3.8, 4) is 11.5 Å². The van der Waals surface area contributed by atoms with Crippen LogP contribution in [0.25, 0.3) is 17.0 Å². The highest BCUT2D eigenvalue weighted by Gasteiger charge is 2.19. The van der Waals surface area contributed by atoms with E-state index in [1.807, 2.05) is 51.7 Å². The van der Waals surface area contributed by atoms with Crippen molar-refractivity contribution in [1.29, 1.82) is 0 Å². The second kappa shape index (κ2) is 8.66. The van der Waals surface area contributed by atoms with E-state index < -0.39 is 0 Å². The molecule has 4 aromatic rings. The van der Waals surface area contributed by atoms with Crippen molar-refractivity contribution < 1.29 is 9.53 Å². The monoisotopic (exact) mass is 390 g/mol. The molecule has 0 aliphatic carbocycles. The molecular weight excluding hydrogens is 368 g/mol. The Kier molecular flexibility index (Phi) is 5.62. The molecule has 0 saturated heterocycles. The summed E-state index contributed by atoms with van der Waals surface area (Å²) in [6.07, 6.45) is 9.78. The third kappa shape index (κ3) is 4.17. The molecule has 0 unspecified atom stereocenters. The van der Waals surface area contributed by atoms with Crippen LogP contribution in [0.15, 0.2) is 61.4 Å². The zero-order valence-corrected chi connectivity index (χ0v) is 16.2. The second-order valence-corrected chi connectivity index (χ2v) is 6.60. The van der Waals surface area contributed by atoms with Gasteiger partial charge in [-0.2, -0.15) is 0 Å². The molecule has 1 amide bonds. The van der Waals surface area contributed by atoms with E-state index >= 15 is 0 Å². The van der Waals surface area contributed by atoms with Gasteiger partial charge in [0, 0.05) is 45.0 Å². The van der Waals surface area contributed by atoms with E-state index in [0.717, 1.165) is 11.1 Å². The number of ether oxygens (including phenoxy) is 1. The number of imidazole rings is 2. The Morgan fingerprint density at radius 3 is 3.00 bits per heavy atom. The van der Waals surface area contributed by atoms with Crippen molar-refractivity contribution in [2.45, 2.75) is 13.0 Å². The molecule has 0 fully saturated rings. The first-order valence-corrected chi connectivity index (χ1v) is 9.41. The van der Waals surface area contributed by atoms with Crippen molar-refractivity contribution in [1.82, 2.24) is 29.2 Å². The predicted molar refractivity (Wildman–Crippen MR) is 109 cm³/mol. The SMILES string of the molecule is COCCn1cnc(-c2nc(C(=O)NCCc3cccnc3)c3ccccn23)c1. The highest BCUT2D eigenvalue weighted by atomic mass is 16.5. The van der Waals surface area contributed by atoms with Gasteiger partial charge in [0.2, 0.25) is 0 Å². The fraction of sp³-hybridized carbons (Fsp3) is 0.238. The van der Waals surface area contributed by atoms with E-state index in [9.17, 15) is 4.79 Å². The van der Waals surface area contributed by atoms with E-state index in [0.29, 0.717) is 43.3 Å². The van der Waals surface area contributed by atoms with Crippen molar-refractivity contribution in [3.63, 3.8) is 0 Å². The Balaban J connectivity index is 1.55. The van der Waals surface area contributed by atoms with Crippen LogP contribution in [0.1, 0.15) is 16.1 Å². The summed E-state index contributed by atoms with van der Waals surface area (Å²) in [6, 6.07) is 9.56. The number of aromatic nitrogens is 5. The molecule has 0 atom stereocenters. The quantitative estimate of drug-likeness (QED) is 0.499. The van der Waals surface area contributed by atoms with E-state index in [2.05, 4.69) is 20.3 Å². The molecule has 0 bridgehead atoms. The number of nitrogens with zero attached hydrogens (tertiary/aromatic N) is 5. The molecule has 0 aromatic carbocycles. The lowest BCUT2D eigenvalue weighted by atomic mass is 10.2. The molecule has 148 valence electrons. The number of hydrogen-bond acceptors (Lipinski definition) is 5. The number of hydrogen-bond donors (Lipinski definition) is 1. The summed E-state index contributed by atoms with van der Waals surface area (Å²) in [5, 5.41) is 2.95. The standard InChI is InChI=1S/C21H22N6O2/c1-29-12-11-26-14-17(24-15-26)20-25-19(18-6-2-3-10-27(18)20)21(28)23-9-7-16-5-4-8-22-13-16/h2-6,8,10,13-15H,7,9,11-12H2,1H3,(H,23,28). The minimum absolute atomic E-state index is 0.206. The van der Waals surface area contributed by atoms with E-state index in [1.54, 1.807) is 25.8 Å². The maximum absolute atomic E-state index is 12.8. The predicted octanol–water partition coefficient (Wildman–Crippen LogP) is 2.21. The van der Waals surface area contributed by atoms with Crippen LogP contribution >= 0.6 is 0 Å². The fourth-order valence-electron chi connectivity index (χ4n) is 3.13. The van der Waals surface area contributed by atoms with Crippen LogP contribution < -0.4 is 5.32 Å². The summed E-state index contributed by atoms with van der Waals surface area (Å²) in [5.41, 5.74) is 2.91. The van der Waals surface area contributed by atoms with Crippen molar-refractivity contribution in [3.05, 3.63) is 72.7 Å². The van der Waals surface area contributed by atoms with Gasteiger partial charge in [-0.25, -0.2) is 9.97 Å². The van der Waals surface area contributed by atoms with Crippen molar-refractivity contribution >= 4 is 11.4 Å². The van der Waals surface area contributed by atoms with Gasteiger partial charge in [0.05, 0.1) is 18.5 Å². The van der Waals surface area contributed by atoms with Crippen LogP contribution in [-0.4, -0.2) is 50.1 Å². The molecule has 0 saturated carbocycles. The number of fused-ring (bicyclic) bond motifs is 1. The van der Waals surface area contributed by atoms with Crippen LogP contribution in [0.5, 0.6) is 0 Å². The first-order valence-electron chi connectivity index (χ1n) is 9.41. The molecule has 8 heteroatoms. The molecule has 0 radical (unpaired) electrons. The Hall–Kier alpha value is -3.52. The first-order chi connectivity index (χ1) is 14.3. The lowest BCUT2D eigenvalue weighted by Gasteiger charge is -2.03. The molecule has 1 N–H and O–H groups in total. The topological polar surface area (TPSA) is 86.3 Å². The Morgan fingerprint density at radius 2 is 2.17 bits per heavy atom. The summed E-state index contributed by atoms with van der Waals surface area (Å²) in [6.45, 7) is 1.81. The number of pyridine rings is 2. The van der Waals surface area contributed by atoms with E-state index in [4.69, 9.17) is 4.74 Å². The Morgan fingerprint density at radius 1 is 1.24 bits per heavy atom. The van der Waals surface area contributed by atoms with Crippen LogP contribution in [0.3, 0.4) is 0 Å². The summed E-state index contributed by atoms with van der Waals surface area (Å²) < 4.78 is 8.94. The van der Waals surface area contributed by atoms with E-state index in [-0.39, 0.29) is 5.91 Å². The van der Waals surface area contributed by atoms with Gasteiger partial charge in [0.1, 0.15) is 5.69 Å². The Bertz CT molecular complexity index is 1100. The number of carbonyl (C=O) groups is 1. The van der Waals surface area contributed by atoms with Crippen LogP contribution in [0.2, 0.25) is 0 Å². The number of methoxy groups -OCH3 is 1. The minimum Gasteiger partial charge on any atom is -0.383 e. The second-order valence-electron chi connectivity index (χ2n) is 6.60. The molecule has 4 aromatic heterocycles. The van der Waals surface area contributed by atoms with Gasteiger partial charge in [0.15, 0.2) is 11.5 Å². The summed E-state index contributed by atoms with van der Waals surface area (Å²) in [4.78, 5) is 25.9. The highest BCUT2D eigenvalue weighted by Crippen LogP contribution is 2.21. The molecule has 4 rings (SSSR count). The van der Waals surface area contributed by atoms with Gasteiger partial charge in [-0.15, -0.1) is 0 Å². The normalized spacial score (nSPS) is 11.1. The van der Waals surface area contributed by atoms with Gasteiger partial charge in [-0.1, -0.05) is 12.1 Å². The number of nitrogens with one attached hydrogen (secondary N) is 1. The maximum Gasteiger partial charge on any atom is 0.272 e. The summed E-state index contributed by atoms with van der Waals surface area (Å²) in [7, 11) is 1.67. The molecule has 8 nitrogen and oxygen atoms in total. The smallest absolute Gasteiger partial charge is 0.272 e. The van der Waals surface area contributed by atoms with Gasteiger partial charge in [0.25, 0.3) is 5.91 Å². The van der Waals surface area contributed by atoms with Crippen molar-refractivity contribution in [2.75, 3.05) is 20.3 Å². The number of rotatable bonds is 8. The first kappa shape index (κ1) is 18.8. The third-order valence-electron chi connectivity index (χ3n) is 4.60. The third-order valence-corrected chi connectivity index (χ3v) is 4.60. The van der Waals surface area contributed by atoms with Crippen LogP contribution in [0, 0.1) is 0 Å². The molecule has 4 heterocycles. The summed E-state index contributed by atoms with van der Waals surface area (Å²) >= 11 is 0. The maximum atomic E-state index is 12.8. The average Bonchev–Trinajstić information content (AvgIpc) is 3.37. The lowest BCUT2D eigenvalue weighted by molar-refractivity contribution is 0.0951. The minimum atomic E-state index is -0.206. The molecule has 29 heavy (non-hydrogen) atoms. The molecule has 0 aliphatic heterocycles. The van der Waals surface area contributed by atoms with Crippen LogP contribution in [0.4, 0.5) is 0 Å². The lowest BCUT2D eigenvalue weighted by Crippen LogP contribution is -2.26. The van der Waals surface area contributed by atoms with Crippen molar-refractivity contribution in [2.24, 2.45) is 0 Å². The Labute approximate surface area is 168 Å². The summed E-state index contributed by atoms with van der Waals surface area (Å²) in [5.74, 6) is 0.428. The van der Waals surface area contributed by atoms with Gasteiger partial charge in [-0.05, 0) is 30.2 Å². The number of amides is 1. The average molecular weight is 390 g/mol. The molecule has 0 aliphatic rings. The molecule has 0 spiro atoms. The van der Waals surface area contributed by atoms with Gasteiger partial charge in [-0.3, -0.25) is 14.2 Å². The van der Waals surface area contributed by atoms with Gasteiger partial charge >= 0.3 is 0 Å². The largest absolute Gasteiger partial charge is 0.383 e. The van der Waals surface area contributed by atoms with Gasteiger partial charge < -0.3 is 14.6 Å². The fourth-order valence-corrected chi connectivity index (χ4v) is 3.13.